The fourth-order valence-electron chi connectivity index (χ4n) is 4.67. The lowest BCUT2D eigenvalue weighted by Crippen LogP contribution is -2.59. The lowest BCUT2D eigenvalue weighted by molar-refractivity contribution is -0.139. The molecule has 1 heterocycles. The van der Waals surface area contributed by atoms with Crippen LogP contribution >= 0.6 is 0 Å². The third-order valence-corrected chi connectivity index (χ3v) is 6.61. The van der Waals surface area contributed by atoms with Crippen LogP contribution in [0, 0.1) is 11.8 Å². The van der Waals surface area contributed by atoms with E-state index < -0.39 is 23.8 Å². The molecule has 3 atom stereocenters. The van der Waals surface area contributed by atoms with E-state index in [1.165, 1.54) is 11.1 Å². The molecule has 8 heteroatoms. The minimum atomic E-state index is -0.955. The first-order valence-corrected chi connectivity index (χ1v) is 12.1. The largest absolute Gasteiger partial charge is 0.336 e. The van der Waals surface area contributed by atoms with Gasteiger partial charge in [-0.2, -0.15) is 0 Å². The number of amides is 4. The summed E-state index contributed by atoms with van der Waals surface area (Å²) in [5.74, 6) is -2.12. The van der Waals surface area contributed by atoms with Crippen molar-refractivity contribution in [2.75, 3.05) is 10.3 Å². The predicted octanol–water partition coefficient (Wildman–Crippen LogP) is 3.76. The SMILES string of the molecule is O=C(NC(C(=O)Nc1ccccc1)c1ccccc1)c1cccc(N2NC(=O)C3CC=CCC3C2=O)c1. The van der Waals surface area contributed by atoms with E-state index in [1.54, 1.807) is 54.6 Å². The minimum Gasteiger partial charge on any atom is -0.336 e. The number of carbonyl (C=O) groups excluding carboxylic acids is 4. The van der Waals surface area contributed by atoms with Gasteiger partial charge >= 0.3 is 0 Å². The number of hydrogen-bond donors (Lipinski definition) is 3. The highest BCUT2D eigenvalue weighted by Crippen LogP contribution is 2.32. The molecule has 0 spiro atoms. The van der Waals surface area contributed by atoms with E-state index in [2.05, 4.69) is 16.1 Å². The van der Waals surface area contributed by atoms with Crippen LogP contribution in [0.4, 0.5) is 11.4 Å². The summed E-state index contributed by atoms with van der Waals surface area (Å²) in [6.45, 7) is 0. The Morgan fingerprint density at radius 2 is 1.51 bits per heavy atom. The number of carbonyl (C=O) groups is 4. The average Bonchev–Trinajstić information content (AvgIpc) is 2.94. The van der Waals surface area contributed by atoms with Crippen LogP contribution in [0.5, 0.6) is 0 Å². The lowest BCUT2D eigenvalue weighted by atomic mass is 9.80. The Morgan fingerprint density at radius 1 is 0.838 bits per heavy atom. The summed E-state index contributed by atoms with van der Waals surface area (Å²) in [4.78, 5) is 52.3. The van der Waals surface area contributed by atoms with Crippen LogP contribution in [0.15, 0.2) is 97.1 Å². The average molecular weight is 495 g/mol. The highest BCUT2D eigenvalue weighted by Gasteiger charge is 2.42. The second kappa shape index (κ2) is 10.5. The number of rotatable bonds is 6. The molecule has 4 amide bonds. The number of hydrazine groups is 1. The molecule has 3 N–H and O–H groups in total. The van der Waals surface area contributed by atoms with Gasteiger partial charge in [-0.3, -0.25) is 24.6 Å². The minimum absolute atomic E-state index is 0.212. The van der Waals surface area contributed by atoms with Crippen LogP contribution in [-0.2, 0) is 14.4 Å². The zero-order valence-electron chi connectivity index (χ0n) is 20.0. The molecule has 2 aliphatic rings. The van der Waals surface area contributed by atoms with Crippen molar-refractivity contribution in [3.63, 3.8) is 0 Å². The second-order valence-corrected chi connectivity index (χ2v) is 9.03. The van der Waals surface area contributed by atoms with Gasteiger partial charge in [0.15, 0.2) is 0 Å². The van der Waals surface area contributed by atoms with Gasteiger partial charge in [-0.15, -0.1) is 0 Å². The molecule has 0 aromatic heterocycles. The van der Waals surface area contributed by atoms with E-state index in [0.29, 0.717) is 29.8 Å². The Kier molecular flexibility index (Phi) is 6.81. The topological polar surface area (TPSA) is 108 Å². The van der Waals surface area contributed by atoms with Crippen molar-refractivity contribution in [3.05, 3.63) is 108 Å². The number of nitrogens with zero attached hydrogens (tertiary/aromatic N) is 1. The molecule has 0 saturated carbocycles. The summed E-state index contributed by atoms with van der Waals surface area (Å²) in [6, 6.07) is 23.4. The first-order valence-electron chi connectivity index (χ1n) is 12.1. The summed E-state index contributed by atoms with van der Waals surface area (Å²) in [5, 5.41) is 6.87. The maximum absolute atomic E-state index is 13.3. The van der Waals surface area contributed by atoms with Crippen molar-refractivity contribution in [1.29, 1.82) is 0 Å². The Bertz CT molecular complexity index is 1360. The van der Waals surface area contributed by atoms with Crippen LogP contribution in [-0.4, -0.2) is 23.6 Å². The third-order valence-electron chi connectivity index (χ3n) is 6.61. The van der Waals surface area contributed by atoms with Crippen molar-refractivity contribution in [2.45, 2.75) is 18.9 Å². The molecule has 8 nitrogen and oxygen atoms in total. The third kappa shape index (κ3) is 5.13. The second-order valence-electron chi connectivity index (χ2n) is 9.03. The molecular formula is C29H26N4O4. The van der Waals surface area contributed by atoms with Gasteiger partial charge in [-0.25, -0.2) is 5.01 Å². The van der Waals surface area contributed by atoms with Gasteiger partial charge in [0.1, 0.15) is 6.04 Å². The molecule has 1 saturated heterocycles. The fraction of sp³-hybridized carbons (Fsp3) is 0.172. The standard InChI is InChI=1S/C29H26N4O4/c34-26(31-25(19-10-3-1-4-11-19)28(36)30-21-13-5-2-6-14-21)20-12-9-15-22(18-20)33-29(37)24-17-8-7-16-23(24)27(35)32-33/h1-15,18,23-25H,16-17H2,(H,30,36)(H,31,34)(H,32,35). The number of nitrogens with one attached hydrogen (secondary N) is 3. The molecule has 3 unspecified atom stereocenters. The lowest BCUT2D eigenvalue weighted by Gasteiger charge is -2.38. The molecule has 1 aliphatic heterocycles. The quantitative estimate of drug-likeness (QED) is 0.454. The Labute approximate surface area is 214 Å². The van der Waals surface area contributed by atoms with Crippen LogP contribution in [0.2, 0.25) is 0 Å². The number of benzene rings is 3. The Morgan fingerprint density at radius 3 is 2.24 bits per heavy atom. The van der Waals surface area contributed by atoms with Crippen molar-refractivity contribution in [3.8, 4) is 0 Å². The van der Waals surface area contributed by atoms with Gasteiger partial charge in [-0.05, 0) is 48.7 Å². The van der Waals surface area contributed by atoms with Gasteiger partial charge < -0.3 is 10.6 Å². The molecule has 0 radical (unpaired) electrons. The zero-order valence-corrected chi connectivity index (χ0v) is 20.0. The smallest absolute Gasteiger partial charge is 0.252 e. The van der Waals surface area contributed by atoms with Crippen LogP contribution in [0.25, 0.3) is 0 Å². The van der Waals surface area contributed by atoms with E-state index in [4.69, 9.17) is 0 Å². The van der Waals surface area contributed by atoms with E-state index in [1.807, 2.05) is 36.4 Å². The summed E-state index contributed by atoms with van der Waals surface area (Å²) >= 11 is 0. The Balaban J connectivity index is 1.37. The molecule has 5 rings (SSSR count). The van der Waals surface area contributed by atoms with Crippen molar-refractivity contribution in [2.24, 2.45) is 11.8 Å². The molecule has 186 valence electrons. The number of fused-ring (bicyclic) bond motifs is 1. The molecule has 1 aliphatic carbocycles. The number of para-hydroxylation sites is 1. The maximum atomic E-state index is 13.3. The van der Waals surface area contributed by atoms with Gasteiger partial charge in [0, 0.05) is 11.3 Å². The summed E-state index contributed by atoms with van der Waals surface area (Å²) in [6.07, 6.45) is 4.88. The van der Waals surface area contributed by atoms with E-state index >= 15 is 0 Å². The summed E-state index contributed by atoms with van der Waals surface area (Å²) in [5.41, 5.74) is 4.53. The van der Waals surface area contributed by atoms with E-state index in [0.717, 1.165) is 0 Å². The summed E-state index contributed by atoms with van der Waals surface area (Å²) < 4.78 is 0. The maximum Gasteiger partial charge on any atom is 0.252 e. The van der Waals surface area contributed by atoms with Gasteiger partial charge in [-0.1, -0.05) is 66.7 Å². The first-order chi connectivity index (χ1) is 18.0. The van der Waals surface area contributed by atoms with Crippen molar-refractivity contribution >= 4 is 35.0 Å². The highest BCUT2D eigenvalue weighted by molar-refractivity contribution is 6.06. The van der Waals surface area contributed by atoms with E-state index in [-0.39, 0.29) is 23.3 Å². The highest BCUT2D eigenvalue weighted by atomic mass is 16.2. The predicted molar refractivity (Wildman–Crippen MR) is 139 cm³/mol. The van der Waals surface area contributed by atoms with Gasteiger partial charge in [0.2, 0.25) is 11.8 Å². The van der Waals surface area contributed by atoms with Crippen molar-refractivity contribution in [1.82, 2.24) is 10.7 Å². The van der Waals surface area contributed by atoms with Crippen LogP contribution < -0.4 is 21.1 Å². The molecule has 37 heavy (non-hydrogen) atoms. The molecule has 1 fully saturated rings. The molecule has 3 aromatic rings. The number of anilines is 2. The molecule has 0 bridgehead atoms. The fourth-order valence-corrected chi connectivity index (χ4v) is 4.67. The van der Waals surface area contributed by atoms with Crippen molar-refractivity contribution < 1.29 is 19.2 Å². The normalized spacial score (nSPS) is 19.4. The van der Waals surface area contributed by atoms with E-state index in [9.17, 15) is 19.2 Å². The molecular weight excluding hydrogens is 468 g/mol. The van der Waals surface area contributed by atoms with Gasteiger partial charge in [0.05, 0.1) is 17.5 Å². The Hall–Kier alpha value is -4.72. The zero-order chi connectivity index (χ0) is 25.8. The monoisotopic (exact) mass is 494 g/mol. The number of hydrogen-bond acceptors (Lipinski definition) is 4. The van der Waals surface area contributed by atoms with Gasteiger partial charge in [0.25, 0.3) is 11.8 Å². The number of allylic oxidation sites excluding steroid dienone is 2. The van der Waals surface area contributed by atoms with Crippen LogP contribution in [0.1, 0.15) is 34.8 Å². The van der Waals surface area contributed by atoms with Crippen LogP contribution in [0.3, 0.4) is 0 Å². The first kappa shape index (κ1) is 24.0. The summed E-state index contributed by atoms with van der Waals surface area (Å²) in [7, 11) is 0. The molecule has 3 aromatic carbocycles.